The molecule has 0 aromatic heterocycles. The minimum atomic E-state index is -4.95. The van der Waals surface area contributed by atoms with Crippen molar-refractivity contribution in [3.63, 3.8) is 0 Å². The molecular weight excluding hydrogens is 430 g/mol. The number of hydrogen-bond donors (Lipinski definition) is 1. The molecule has 0 aliphatic carbocycles. The second-order valence-corrected chi connectivity index (χ2v) is 8.74. The molecule has 1 heterocycles. The first kappa shape index (κ1) is 21.8. The van der Waals surface area contributed by atoms with Gasteiger partial charge in [0.05, 0.1) is 9.82 Å². The zero-order valence-electron chi connectivity index (χ0n) is 15.4. The largest absolute Gasteiger partial charge is 0.379 e. The van der Waals surface area contributed by atoms with Crippen LogP contribution in [0.2, 0.25) is 0 Å². The number of nitrogens with zero attached hydrogens (tertiary/aromatic N) is 2. The number of halogens is 4. The number of alkyl halides is 2. The fourth-order valence-corrected chi connectivity index (χ4v) is 4.00. The lowest BCUT2D eigenvalue weighted by Crippen LogP contribution is -2.22. The number of nitro benzene ring substituents is 1. The molecule has 0 bridgehead atoms. The fourth-order valence-electron chi connectivity index (χ4n) is 3.26. The summed E-state index contributed by atoms with van der Waals surface area (Å²) in [5.74, 6) is -5.57. The second kappa shape index (κ2) is 8.46. The molecule has 30 heavy (non-hydrogen) atoms. The molecule has 1 aliphatic rings. The van der Waals surface area contributed by atoms with Crippen molar-refractivity contribution in [2.45, 2.75) is 17.1 Å². The third-order valence-corrected chi connectivity index (χ3v) is 6.24. The molecule has 1 fully saturated rings. The van der Waals surface area contributed by atoms with Gasteiger partial charge in [0.1, 0.15) is 5.69 Å². The van der Waals surface area contributed by atoms with E-state index in [1.165, 1.54) is 6.07 Å². The fraction of sp³-hybridized carbons (Fsp3) is 0.333. The molecule has 0 spiro atoms. The number of rotatable bonds is 7. The molecule has 3 rings (SSSR count). The van der Waals surface area contributed by atoms with Crippen LogP contribution < -0.4 is 10.2 Å². The maximum atomic E-state index is 13.4. The summed E-state index contributed by atoms with van der Waals surface area (Å²) >= 11 is 0. The molecule has 2 aromatic carbocycles. The van der Waals surface area contributed by atoms with Crippen molar-refractivity contribution in [3.8, 4) is 0 Å². The molecule has 0 saturated carbocycles. The van der Waals surface area contributed by atoms with Crippen LogP contribution >= 0.6 is 0 Å². The minimum absolute atomic E-state index is 0.000469. The zero-order chi connectivity index (χ0) is 22.1. The van der Waals surface area contributed by atoms with Crippen LogP contribution in [0.4, 0.5) is 34.6 Å². The molecule has 2 aromatic rings. The van der Waals surface area contributed by atoms with Gasteiger partial charge < -0.3 is 10.2 Å². The predicted octanol–water partition coefficient (Wildman–Crippen LogP) is 3.81. The normalized spacial score (nSPS) is 16.8. The van der Waals surface area contributed by atoms with E-state index < -0.39 is 42.7 Å². The van der Waals surface area contributed by atoms with E-state index in [9.17, 15) is 36.1 Å². The maximum absolute atomic E-state index is 13.4. The van der Waals surface area contributed by atoms with Crippen LogP contribution in [0.1, 0.15) is 6.42 Å². The highest BCUT2D eigenvalue weighted by molar-refractivity contribution is 7.91. The second-order valence-electron chi connectivity index (χ2n) is 6.82. The van der Waals surface area contributed by atoms with E-state index >= 15 is 0 Å². The molecule has 1 aliphatic heterocycles. The Balaban J connectivity index is 1.70. The van der Waals surface area contributed by atoms with Gasteiger partial charge in [-0.3, -0.25) is 10.1 Å². The summed E-state index contributed by atoms with van der Waals surface area (Å²) in [6.45, 7) is 1.34. The number of nitrogens with one attached hydrogen (secondary N) is 1. The summed E-state index contributed by atoms with van der Waals surface area (Å²) in [5, 5.41) is 14.1. The van der Waals surface area contributed by atoms with Crippen molar-refractivity contribution in [1.29, 1.82) is 0 Å². The quantitative estimate of drug-likeness (QED) is 0.394. The van der Waals surface area contributed by atoms with Gasteiger partial charge in [0.15, 0.2) is 11.6 Å². The van der Waals surface area contributed by atoms with Gasteiger partial charge in [-0.15, -0.1) is 0 Å². The Labute approximate surface area is 169 Å². The summed E-state index contributed by atoms with van der Waals surface area (Å²) in [7, 11) is -4.95. The van der Waals surface area contributed by atoms with Crippen molar-refractivity contribution >= 4 is 26.9 Å². The van der Waals surface area contributed by atoms with E-state index in [0.717, 1.165) is 24.3 Å². The molecule has 162 valence electrons. The summed E-state index contributed by atoms with van der Waals surface area (Å²) in [6, 6.07) is 6.16. The van der Waals surface area contributed by atoms with Crippen LogP contribution in [0.25, 0.3) is 0 Å². The molecule has 7 nitrogen and oxygen atoms in total. The number of anilines is 2. The number of nitro groups is 1. The number of sulfone groups is 1. The number of benzene rings is 2. The van der Waals surface area contributed by atoms with Crippen LogP contribution in [-0.2, 0) is 9.84 Å². The Morgan fingerprint density at radius 1 is 1.17 bits per heavy atom. The summed E-state index contributed by atoms with van der Waals surface area (Å²) < 4.78 is 75.0. The van der Waals surface area contributed by atoms with Gasteiger partial charge in [-0.2, -0.15) is 8.78 Å². The summed E-state index contributed by atoms with van der Waals surface area (Å²) in [5.41, 5.74) is -0.115. The molecular formula is C18H17F4N3O4S. The zero-order valence-corrected chi connectivity index (χ0v) is 16.2. The molecule has 12 heteroatoms. The lowest BCUT2D eigenvalue weighted by Gasteiger charge is -2.19. The van der Waals surface area contributed by atoms with Gasteiger partial charge in [0, 0.05) is 37.5 Å². The molecule has 1 N–H and O–H groups in total. The highest BCUT2D eigenvalue weighted by Crippen LogP contribution is 2.31. The van der Waals surface area contributed by atoms with E-state index in [-0.39, 0.29) is 18.2 Å². The van der Waals surface area contributed by atoms with E-state index in [1.54, 1.807) is 0 Å². The van der Waals surface area contributed by atoms with E-state index in [2.05, 4.69) is 5.32 Å². The SMILES string of the molecule is O=[N+]([O-])c1cc(S(=O)(=O)C(F)F)ccc1NCC1CCN(c2ccc(F)c(F)c2)C1. The van der Waals surface area contributed by atoms with E-state index in [1.807, 2.05) is 4.90 Å². The first-order valence-corrected chi connectivity index (χ1v) is 10.4. The van der Waals surface area contributed by atoms with Gasteiger partial charge in [-0.25, -0.2) is 17.2 Å². The number of hydrogen-bond acceptors (Lipinski definition) is 6. The van der Waals surface area contributed by atoms with Crippen LogP contribution in [0.5, 0.6) is 0 Å². The average molecular weight is 447 g/mol. The standard InChI is InChI=1S/C18H17F4N3O4S/c19-14-3-1-12(7-15(14)20)24-6-5-11(10-24)9-23-16-4-2-13(8-17(16)25(26)27)30(28,29)18(21)22/h1-4,7-8,11,18,23H,5-6,9-10H2. The Kier molecular flexibility index (Phi) is 6.15. The van der Waals surface area contributed by atoms with Gasteiger partial charge in [0.2, 0.25) is 9.84 Å². The third kappa shape index (κ3) is 4.48. The highest BCUT2D eigenvalue weighted by Gasteiger charge is 2.30. The van der Waals surface area contributed by atoms with Gasteiger partial charge in [-0.1, -0.05) is 0 Å². The molecule has 0 radical (unpaired) electrons. The topological polar surface area (TPSA) is 92.5 Å². The van der Waals surface area contributed by atoms with Gasteiger partial charge in [-0.05, 0) is 36.6 Å². The monoisotopic (exact) mass is 447 g/mol. The van der Waals surface area contributed by atoms with Gasteiger partial charge in [0.25, 0.3) is 5.69 Å². The molecule has 1 unspecified atom stereocenters. The first-order chi connectivity index (χ1) is 14.1. The minimum Gasteiger partial charge on any atom is -0.379 e. The third-order valence-electron chi connectivity index (χ3n) is 4.86. The Morgan fingerprint density at radius 2 is 1.90 bits per heavy atom. The smallest absolute Gasteiger partial charge is 0.341 e. The van der Waals surface area contributed by atoms with Crippen molar-refractivity contribution in [2.75, 3.05) is 29.9 Å². The van der Waals surface area contributed by atoms with Crippen molar-refractivity contribution in [3.05, 3.63) is 58.1 Å². The van der Waals surface area contributed by atoms with E-state index in [0.29, 0.717) is 31.3 Å². The van der Waals surface area contributed by atoms with Crippen LogP contribution in [0.3, 0.4) is 0 Å². The molecule has 1 saturated heterocycles. The van der Waals surface area contributed by atoms with Crippen LogP contribution in [0.15, 0.2) is 41.3 Å². The van der Waals surface area contributed by atoms with E-state index in [4.69, 9.17) is 0 Å². The lowest BCUT2D eigenvalue weighted by atomic mass is 10.1. The van der Waals surface area contributed by atoms with Gasteiger partial charge >= 0.3 is 5.76 Å². The van der Waals surface area contributed by atoms with Crippen molar-refractivity contribution in [1.82, 2.24) is 0 Å². The Morgan fingerprint density at radius 3 is 2.53 bits per heavy atom. The summed E-state index contributed by atoms with van der Waals surface area (Å²) in [6.07, 6.45) is 0.678. The molecule has 1 atom stereocenters. The lowest BCUT2D eigenvalue weighted by molar-refractivity contribution is -0.384. The summed E-state index contributed by atoms with van der Waals surface area (Å²) in [4.78, 5) is 11.4. The maximum Gasteiger partial charge on any atom is 0.341 e. The van der Waals surface area contributed by atoms with Crippen LogP contribution in [-0.4, -0.2) is 38.7 Å². The first-order valence-electron chi connectivity index (χ1n) is 8.84. The Hall–Kier alpha value is -2.89. The highest BCUT2D eigenvalue weighted by atomic mass is 32.2. The van der Waals surface area contributed by atoms with Crippen molar-refractivity contribution < 1.29 is 30.9 Å². The molecule has 0 amide bonds. The van der Waals surface area contributed by atoms with Crippen LogP contribution in [0, 0.1) is 27.7 Å². The predicted molar refractivity (Wildman–Crippen MR) is 101 cm³/mol. The average Bonchev–Trinajstić information content (AvgIpc) is 3.17. The Bertz CT molecular complexity index is 1070. The van der Waals surface area contributed by atoms with Crippen molar-refractivity contribution in [2.24, 2.45) is 5.92 Å².